The summed E-state index contributed by atoms with van der Waals surface area (Å²) < 4.78 is 4.81. The van der Waals surface area contributed by atoms with E-state index in [1.54, 1.807) is 0 Å². The maximum atomic E-state index is 11.6. The lowest BCUT2D eigenvalue weighted by Gasteiger charge is -2.16. The molecule has 1 aliphatic rings. The summed E-state index contributed by atoms with van der Waals surface area (Å²) in [6, 6.07) is 5.72. The molecule has 1 N–H and O–H groups in total. The van der Waals surface area contributed by atoms with Crippen molar-refractivity contribution in [2.45, 2.75) is 19.8 Å². The van der Waals surface area contributed by atoms with E-state index in [0.29, 0.717) is 6.54 Å². The molecule has 1 aliphatic carbocycles. The van der Waals surface area contributed by atoms with Gasteiger partial charge in [-0.05, 0) is 37.5 Å². The second-order valence-corrected chi connectivity index (χ2v) is 4.95. The van der Waals surface area contributed by atoms with Gasteiger partial charge in [-0.1, -0.05) is 17.7 Å². The molecule has 0 amide bonds. The number of hydrogen-bond donors (Lipinski definition) is 1. The Kier molecular flexibility index (Phi) is 3.29. The highest BCUT2D eigenvalue weighted by Gasteiger charge is 2.50. The van der Waals surface area contributed by atoms with Crippen LogP contribution in [-0.4, -0.2) is 19.6 Å². The molecule has 3 nitrogen and oxygen atoms in total. The molecule has 0 aliphatic heterocycles. The molecule has 17 heavy (non-hydrogen) atoms. The van der Waals surface area contributed by atoms with Gasteiger partial charge in [-0.3, -0.25) is 4.79 Å². The van der Waals surface area contributed by atoms with Crippen molar-refractivity contribution < 1.29 is 9.53 Å². The first kappa shape index (κ1) is 12.2. The van der Waals surface area contributed by atoms with Crippen LogP contribution in [0.5, 0.6) is 0 Å². The van der Waals surface area contributed by atoms with E-state index in [2.05, 4.69) is 5.32 Å². The molecule has 0 bridgehead atoms. The number of benzene rings is 1. The number of carbonyl (C=O) groups is 1. The Balaban J connectivity index is 2.03. The highest BCUT2D eigenvalue weighted by atomic mass is 35.5. The van der Waals surface area contributed by atoms with Crippen molar-refractivity contribution in [3.05, 3.63) is 28.8 Å². The van der Waals surface area contributed by atoms with E-state index in [1.165, 1.54) is 7.11 Å². The van der Waals surface area contributed by atoms with E-state index < -0.39 is 0 Å². The Morgan fingerprint density at radius 1 is 1.53 bits per heavy atom. The molecular formula is C13H16ClNO2. The van der Waals surface area contributed by atoms with Gasteiger partial charge >= 0.3 is 5.97 Å². The summed E-state index contributed by atoms with van der Waals surface area (Å²) in [6.07, 6.45) is 1.79. The summed E-state index contributed by atoms with van der Waals surface area (Å²) in [6.45, 7) is 2.57. The summed E-state index contributed by atoms with van der Waals surface area (Å²) in [5, 5.41) is 4.02. The van der Waals surface area contributed by atoms with Crippen LogP contribution < -0.4 is 5.32 Å². The predicted molar refractivity (Wildman–Crippen MR) is 68.4 cm³/mol. The maximum absolute atomic E-state index is 11.6. The largest absolute Gasteiger partial charge is 0.469 e. The number of esters is 1. The smallest absolute Gasteiger partial charge is 0.313 e. The summed E-state index contributed by atoms with van der Waals surface area (Å²) in [7, 11) is 1.44. The van der Waals surface area contributed by atoms with Crippen molar-refractivity contribution >= 4 is 23.3 Å². The van der Waals surface area contributed by atoms with Gasteiger partial charge in [-0.15, -0.1) is 0 Å². The Hall–Kier alpha value is -1.22. The lowest BCUT2D eigenvalue weighted by molar-refractivity contribution is -0.146. The quantitative estimate of drug-likeness (QED) is 0.839. The van der Waals surface area contributed by atoms with E-state index >= 15 is 0 Å². The minimum absolute atomic E-state index is 0.121. The van der Waals surface area contributed by atoms with E-state index in [9.17, 15) is 4.79 Å². The number of anilines is 1. The monoisotopic (exact) mass is 253 g/mol. The summed E-state index contributed by atoms with van der Waals surface area (Å²) in [5.74, 6) is -0.121. The van der Waals surface area contributed by atoms with Gasteiger partial charge in [0.15, 0.2) is 0 Å². The van der Waals surface area contributed by atoms with Crippen LogP contribution in [0.4, 0.5) is 5.69 Å². The van der Waals surface area contributed by atoms with Crippen LogP contribution in [0.2, 0.25) is 5.02 Å². The zero-order valence-electron chi connectivity index (χ0n) is 10.0. The van der Waals surface area contributed by atoms with Gasteiger partial charge in [0, 0.05) is 17.3 Å². The third kappa shape index (κ3) is 2.39. The van der Waals surface area contributed by atoms with Crippen LogP contribution in [0.1, 0.15) is 18.4 Å². The SMILES string of the molecule is COC(=O)C1(CNc2cccc(Cl)c2C)CC1. The fourth-order valence-corrected chi connectivity index (χ4v) is 2.06. The fourth-order valence-electron chi connectivity index (χ4n) is 1.88. The first-order chi connectivity index (χ1) is 8.09. The Bertz CT molecular complexity index is 441. The van der Waals surface area contributed by atoms with E-state index in [-0.39, 0.29) is 11.4 Å². The van der Waals surface area contributed by atoms with Crippen molar-refractivity contribution in [2.24, 2.45) is 5.41 Å². The van der Waals surface area contributed by atoms with Gasteiger partial charge in [0.1, 0.15) is 0 Å². The molecule has 0 aromatic heterocycles. The zero-order valence-corrected chi connectivity index (χ0v) is 10.8. The van der Waals surface area contributed by atoms with Crippen molar-refractivity contribution in [3.8, 4) is 0 Å². The van der Waals surface area contributed by atoms with Crippen LogP contribution in [0, 0.1) is 12.3 Å². The first-order valence-electron chi connectivity index (χ1n) is 5.66. The van der Waals surface area contributed by atoms with Crippen molar-refractivity contribution in [2.75, 3.05) is 19.0 Å². The first-order valence-corrected chi connectivity index (χ1v) is 6.04. The molecule has 0 saturated heterocycles. The van der Waals surface area contributed by atoms with Gasteiger partial charge in [0.05, 0.1) is 12.5 Å². The minimum atomic E-state index is -0.316. The van der Waals surface area contributed by atoms with Crippen molar-refractivity contribution in [3.63, 3.8) is 0 Å². The van der Waals surface area contributed by atoms with E-state index in [1.807, 2.05) is 25.1 Å². The van der Waals surface area contributed by atoms with Gasteiger partial charge in [-0.2, -0.15) is 0 Å². The van der Waals surface area contributed by atoms with E-state index in [0.717, 1.165) is 29.1 Å². The number of carbonyl (C=O) groups excluding carboxylic acids is 1. The molecule has 0 spiro atoms. The minimum Gasteiger partial charge on any atom is -0.469 e. The number of ether oxygens (including phenoxy) is 1. The Labute approximate surface area is 106 Å². The molecule has 0 atom stereocenters. The number of methoxy groups -OCH3 is 1. The standard InChI is InChI=1S/C13H16ClNO2/c1-9-10(14)4-3-5-11(9)15-8-13(6-7-13)12(16)17-2/h3-5,15H,6-8H2,1-2H3. The Morgan fingerprint density at radius 2 is 2.24 bits per heavy atom. The van der Waals surface area contributed by atoms with Crippen LogP contribution in [-0.2, 0) is 9.53 Å². The fraction of sp³-hybridized carbons (Fsp3) is 0.462. The average Bonchev–Trinajstić information content (AvgIpc) is 3.11. The van der Waals surface area contributed by atoms with Gasteiger partial charge in [-0.25, -0.2) is 0 Å². The molecule has 0 unspecified atom stereocenters. The highest BCUT2D eigenvalue weighted by Crippen LogP contribution is 2.46. The Morgan fingerprint density at radius 3 is 2.82 bits per heavy atom. The molecule has 1 fully saturated rings. The molecule has 1 aromatic carbocycles. The van der Waals surface area contributed by atoms with Gasteiger partial charge in [0.2, 0.25) is 0 Å². The average molecular weight is 254 g/mol. The molecule has 0 heterocycles. The van der Waals surface area contributed by atoms with Gasteiger partial charge in [0.25, 0.3) is 0 Å². The number of halogens is 1. The number of hydrogen-bond acceptors (Lipinski definition) is 3. The van der Waals surface area contributed by atoms with Crippen molar-refractivity contribution in [1.82, 2.24) is 0 Å². The number of rotatable bonds is 4. The lowest BCUT2D eigenvalue weighted by Crippen LogP contribution is -2.26. The molecular weight excluding hydrogens is 238 g/mol. The van der Waals surface area contributed by atoms with Crippen molar-refractivity contribution in [1.29, 1.82) is 0 Å². The summed E-state index contributed by atoms with van der Waals surface area (Å²) in [5.41, 5.74) is 1.67. The third-order valence-electron chi connectivity index (χ3n) is 3.36. The van der Waals surface area contributed by atoms with E-state index in [4.69, 9.17) is 16.3 Å². The van der Waals surface area contributed by atoms with Crippen LogP contribution in [0.25, 0.3) is 0 Å². The second kappa shape index (κ2) is 4.57. The molecule has 92 valence electrons. The van der Waals surface area contributed by atoms with Crippen LogP contribution in [0.15, 0.2) is 18.2 Å². The summed E-state index contributed by atoms with van der Waals surface area (Å²) in [4.78, 5) is 11.6. The molecule has 2 rings (SSSR count). The predicted octanol–water partition coefficient (Wildman–Crippen LogP) is 3.01. The highest BCUT2D eigenvalue weighted by molar-refractivity contribution is 6.31. The summed E-state index contributed by atoms with van der Waals surface area (Å²) >= 11 is 6.04. The normalized spacial score (nSPS) is 16.4. The molecule has 4 heteroatoms. The third-order valence-corrected chi connectivity index (χ3v) is 3.77. The topological polar surface area (TPSA) is 38.3 Å². The zero-order chi connectivity index (χ0) is 12.5. The number of nitrogens with one attached hydrogen (secondary N) is 1. The molecule has 0 radical (unpaired) electrons. The van der Waals surface area contributed by atoms with Crippen LogP contribution in [0.3, 0.4) is 0 Å². The van der Waals surface area contributed by atoms with Crippen LogP contribution >= 0.6 is 11.6 Å². The van der Waals surface area contributed by atoms with Gasteiger partial charge < -0.3 is 10.1 Å². The molecule has 1 aromatic rings. The second-order valence-electron chi connectivity index (χ2n) is 4.54. The lowest BCUT2D eigenvalue weighted by atomic mass is 10.1. The maximum Gasteiger partial charge on any atom is 0.313 e. The molecule has 1 saturated carbocycles.